The van der Waals surface area contributed by atoms with Gasteiger partial charge in [-0.1, -0.05) is 0 Å². The van der Waals surface area contributed by atoms with Crippen molar-refractivity contribution in [2.45, 2.75) is 11.3 Å². The quantitative estimate of drug-likeness (QED) is 0.567. The van der Waals surface area contributed by atoms with Gasteiger partial charge < -0.3 is 20.7 Å². The van der Waals surface area contributed by atoms with Gasteiger partial charge in [-0.15, -0.1) is 12.4 Å². The van der Waals surface area contributed by atoms with E-state index in [4.69, 9.17) is 4.74 Å². The standard InChI is InChI=1S/C14H23N3O4S.ClH/c1-15-7-6-14(18)17-13-10-11(22(3,19)20)4-5-12(13)16-8-9-21-2;/h4-5,10,15-16H,6-9H2,1-3H3,(H,17,18);1H. The zero-order valence-corrected chi connectivity index (χ0v) is 15.1. The highest BCUT2D eigenvalue weighted by atomic mass is 35.5. The van der Waals surface area contributed by atoms with Crippen LogP contribution in [0.25, 0.3) is 0 Å². The smallest absolute Gasteiger partial charge is 0.225 e. The Morgan fingerprint density at radius 1 is 1.22 bits per heavy atom. The summed E-state index contributed by atoms with van der Waals surface area (Å²) in [6.45, 7) is 1.60. The van der Waals surface area contributed by atoms with Crippen LogP contribution in [0.5, 0.6) is 0 Å². The molecule has 1 amide bonds. The lowest BCUT2D eigenvalue weighted by atomic mass is 10.2. The molecule has 9 heteroatoms. The van der Waals surface area contributed by atoms with E-state index in [0.29, 0.717) is 37.5 Å². The maximum absolute atomic E-state index is 11.9. The van der Waals surface area contributed by atoms with Crippen molar-refractivity contribution in [2.24, 2.45) is 0 Å². The van der Waals surface area contributed by atoms with Gasteiger partial charge in [0, 0.05) is 32.9 Å². The van der Waals surface area contributed by atoms with Gasteiger partial charge in [-0.3, -0.25) is 4.79 Å². The summed E-state index contributed by atoms with van der Waals surface area (Å²) in [6, 6.07) is 4.61. The van der Waals surface area contributed by atoms with Crippen LogP contribution < -0.4 is 16.0 Å². The number of benzene rings is 1. The maximum atomic E-state index is 11.9. The molecule has 3 N–H and O–H groups in total. The molecule has 1 aromatic carbocycles. The van der Waals surface area contributed by atoms with Crippen LogP contribution >= 0.6 is 12.4 Å². The van der Waals surface area contributed by atoms with E-state index in [1.54, 1.807) is 20.2 Å². The van der Waals surface area contributed by atoms with E-state index in [-0.39, 0.29) is 23.2 Å². The van der Waals surface area contributed by atoms with Gasteiger partial charge in [-0.2, -0.15) is 0 Å². The number of carbonyl (C=O) groups excluding carboxylic acids is 1. The van der Waals surface area contributed by atoms with Crippen LogP contribution in [0, 0.1) is 0 Å². The van der Waals surface area contributed by atoms with E-state index < -0.39 is 9.84 Å². The van der Waals surface area contributed by atoms with E-state index in [2.05, 4.69) is 16.0 Å². The Morgan fingerprint density at radius 3 is 2.48 bits per heavy atom. The zero-order valence-electron chi connectivity index (χ0n) is 13.5. The van der Waals surface area contributed by atoms with Crippen molar-refractivity contribution < 1.29 is 17.9 Å². The summed E-state index contributed by atoms with van der Waals surface area (Å²) >= 11 is 0. The third-order valence-corrected chi connectivity index (χ3v) is 4.03. The summed E-state index contributed by atoms with van der Waals surface area (Å²) in [6.07, 6.45) is 1.43. The van der Waals surface area contributed by atoms with Gasteiger partial charge in [0.2, 0.25) is 5.91 Å². The minimum Gasteiger partial charge on any atom is -0.383 e. The van der Waals surface area contributed by atoms with Crippen molar-refractivity contribution in [2.75, 3.05) is 50.7 Å². The number of methoxy groups -OCH3 is 1. The number of sulfone groups is 1. The molecule has 0 aromatic heterocycles. The predicted octanol–water partition coefficient (Wildman–Crippen LogP) is 1.12. The third-order valence-electron chi connectivity index (χ3n) is 2.92. The van der Waals surface area contributed by atoms with Crippen molar-refractivity contribution in [3.8, 4) is 0 Å². The number of hydrogen-bond donors (Lipinski definition) is 3. The van der Waals surface area contributed by atoms with E-state index in [1.807, 2.05) is 0 Å². The molecule has 0 heterocycles. The lowest BCUT2D eigenvalue weighted by Gasteiger charge is -2.14. The molecule has 0 saturated carbocycles. The van der Waals surface area contributed by atoms with Crippen LogP contribution in [-0.4, -0.2) is 54.4 Å². The number of ether oxygens (including phenoxy) is 1. The molecule has 0 spiro atoms. The summed E-state index contributed by atoms with van der Waals surface area (Å²) in [7, 11) is 0.0153. The molecule has 1 rings (SSSR count). The minimum atomic E-state index is -3.34. The van der Waals surface area contributed by atoms with Crippen LogP contribution in [0.2, 0.25) is 0 Å². The molecule has 0 aliphatic carbocycles. The first-order chi connectivity index (χ1) is 10.4. The highest BCUT2D eigenvalue weighted by Crippen LogP contribution is 2.25. The average molecular weight is 366 g/mol. The van der Waals surface area contributed by atoms with Gasteiger partial charge in [0.1, 0.15) is 0 Å². The van der Waals surface area contributed by atoms with Gasteiger partial charge in [-0.05, 0) is 25.2 Å². The molecular formula is C14H24ClN3O4S. The lowest BCUT2D eigenvalue weighted by molar-refractivity contribution is -0.116. The fourth-order valence-corrected chi connectivity index (χ4v) is 2.40. The Hall–Kier alpha value is -1.35. The van der Waals surface area contributed by atoms with Crippen molar-refractivity contribution in [1.82, 2.24) is 5.32 Å². The topological polar surface area (TPSA) is 96.5 Å². The molecule has 132 valence electrons. The number of amides is 1. The van der Waals surface area contributed by atoms with Crippen LogP contribution in [0.1, 0.15) is 6.42 Å². The average Bonchev–Trinajstić information content (AvgIpc) is 2.45. The summed E-state index contributed by atoms with van der Waals surface area (Å²) < 4.78 is 28.3. The molecule has 7 nitrogen and oxygen atoms in total. The lowest BCUT2D eigenvalue weighted by Crippen LogP contribution is -2.20. The van der Waals surface area contributed by atoms with Crippen LogP contribution in [0.4, 0.5) is 11.4 Å². The Kier molecular flexibility index (Phi) is 9.82. The first-order valence-electron chi connectivity index (χ1n) is 6.90. The number of halogens is 1. The summed E-state index contributed by atoms with van der Waals surface area (Å²) in [5, 5.41) is 8.73. The van der Waals surface area contributed by atoms with Gasteiger partial charge in [0.15, 0.2) is 9.84 Å². The van der Waals surface area contributed by atoms with Crippen molar-refractivity contribution in [3.63, 3.8) is 0 Å². The summed E-state index contributed by atoms with van der Waals surface area (Å²) in [5.74, 6) is -0.185. The predicted molar refractivity (Wildman–Crippen MR) is 94.3 cm³/mol. The second-order valence-corrected chi connectivity index (χ2v) is 6.82. The van der Waals surface area contributed by atoms with E-state index in [9.17, 15) is 13.2 Å². The molecule has 0 saturated heterocycles. The fraction of sp³-hybridized carbons (Fsp3) is 0.500. The molecular weight excluding hydrogens is 342 g/mol. The van der Waals surface area contributed by atoms with Crippen LogP contribution in [0.3, 0.4) is 0 Å². The highest BCUT2D eigenvalue weighted by Gasteiger charge is 2.13. The number of hydrogen-bond acceptors (Lipinski definition) is 6. The SMILES string of the molecule is CNCCC(=O)Nc1cc(S(C)(=O)=O)ccc1NCCOC.Cl. The molecule has 0 radical (unpaired) electrons. The first kappa shape index (κ1) is 21.6. The molecule has 0 atom stereocenters. The van der Waals surface area contributed by atoms with E-state index in [1.165, 1.54) is 12.1 Å². The molecule has 0 fully saturated rings. The molecule has 0 unspecified atom stereocenters. The van der Waals surface area contributed by atoms with Gasteiger partial charge in [-0.25, -0.2) is 8.42 Å². The van der Waals surface area contributed by atoms with Crippen molar-refractivity contribution >= 4 is 39.5 Å². The van der Waals surface area contributed by atoms with Crippen molar-refractivity contribution in [1.29, 1.82) is 0 Å². The molecule has 0 bridgehead atoms. The van der Waals surface area contributed by atoms with Crippen molar-refractivity contribution in [3.05, 3.63) is 18.2 Å². The number of rotatable bonds is 9. The van der Waals surface area contributed by atoms with Crippen LogP contribution in [-0.2, 0) is 19.4 Å². The second kappa shape index (κ2) is 10.4. The minimum absolute atomic E-state index is 0. The van der Waals surface area contributed by atoms with E-state index >= 15 is 0 Å². The highest BCUT2D eigenvalue weighted by molar-refractivity contribution is 7.90. The Balaban J connectivity index is 0.00000484. The molecule has 1 aromatic rings. The third kappa shape index (κ3) is 7.65. The Morgan fingerprint density at radius 2 is 1.91 bits per heavy atom. The molecule has 0 aliphatic heterocycles. The zero-order chi connectivity index (χ0) is 16.6. The fourth-order valence-electron chi connectivity index (χ4n) is 1.75. The Bertz CT molecular complexity index is 608. The summed E-state index contributed by atoms with van der Waals surface area (Å²) in [5.41, 5.74) is 1.10. The van der Waals surface area contributed by atoms with Crippen LogP contribution in [0.15, 0.2) is 23.1 Å². The normalized spacial score (nSPS) is 10.7. The summed E-state index contributed by atoms with van der Waals surface area (Å²) in [4.78, 5) is 12.0. The first-order valence-corrected chi connectivity index (χ1v) is 8.79. The number of nitrogens with one attached hydrogen (secondary N) is 3. The monoisotopic (exact) mass is 365 g/mol. The van der Waals surface area contributed by atoms with Gasteiger partial charge in [0.05, 0.1) is 22.9 Å². The Labute approximate surface area is 143 Å². The number of anilines is 2. The molecule has 0 aliphatic rings. The second-order valence-electron chi connectivity index (χ2n) is 4.80. The molecule has 23 heavy (non-hydrogen) atoms. The largest absolute Gasteiger partial charge is 0.383 e. The van der Waals surface area contributed by atoms with Gasteiger partial charge >= 0.3 is 0 Å². The van der Waals surface area contributed by atoms with Gasteiger partial charge in [0.25, 0.3) is 0 Å². The maximum Gasteiger partial charge on any atom is 0.225 e. The number of carbonyl (C=O) groups is 1. The van der Waals surface area contributed by atoms with E-state index in [0.717, 1.165) is 6.26 Å².